The number of hydrogen-bond acceptors (Lipinski definition) is 1. The summed E-state index contributed by atoms with van der Waals surface area (Å²) < 4.78 is 0. The van der Waals surface area contributed by atoms with Crippen molar-refractivity contribution in [1.82, 2.24) is 5.32 Å². The van der Waals surface area contributed by atoms with E-state index in [2.05, 4.69) is 39.9 Å². The molecule has 0 aromatic rings. The fourth-order valence-electron chi connectivity index (χ4n) is 1.60. The van der Waals surface area contributed by atoms with Crippen LogP contribution in [0.15, 0.2) is 0 Å². The summed E-state index contributed by atoms with van der Waals surface area (Å²) in [4.78, 5) is 10.9. The lowest BCUT2D eigenvalue weighted by Gasteiger charge is -2.34. The molecule has 0 radical (unpaired) electrons. The van der Waals surface area contributed by atoms with Gasteiger partial charge in [0.25, 0.3) is 0 Å². The first-order valence-electron chi connectivity index (χ1n) is 4.52. The molecular formula is C10H21NO. The third-order valence-electron chi connectivity index (χ3n) is 1.96. The third kappa shape index (κ3) is 3.74. The maximum absolute atomic E-state index is 10.9. The van der Waals surface area contributed by atoms with Crippen molar-refractivity contribution in [3.8, 4) is 0 Å². The van der Waals surface area contributed by atoms with Crippen LogP contribution in [0.4, 0.5) is 0 Å². The van der Waals surface area contributed by atoms with E-state index >= 15 is 0 Å². The molecule has 0 unspecified atom stereocenters. The SMILES string of the molecule is CC(=O)N[C@@H](C(C)C)C(C)(C)C. The van der Waals surface area contributed by atoms with Gasteiger partial charge in [-0.15, -0.1) is 0 Å². The Morgan fingerprint density at radius 1 is 1.25 bits per heavy atom. The van der Waals surface area contributed by atoms with Gasteiger partial charge in [-0.2, -0.15) is 0 Å². The van der Waals surface area contributed by atoms with Gasteiger partial charge in [-0.1, -0.05) is 34.6 Å². The van der Waals surface area contributed by atoms with E-state index in [1.165, 1.54) is 0 Å². The van der Waals surface area contributed by atoms with Gasteiger partial charge in [-0.3, -0.25) is 4.79 Å². The van der Waals surface area contributed by atoms with E-state index in [1.54, 1.807) is 6.92 Å². The summed E-state index contributed by atoms with van der Waals surface area (Å²) in [6, 6.07) is 0.259. The minimum Gasteiger partial charge on any atom is -0.353 e. The van der Waals surface area contributed by atoms with Crippen LogP contribution in [-0.4, -0.2) is 11.9 Å². The molecule has 0 aromatic carbocycles. The lowest BCUT2D eigenvalue weighted by atomic mass is 9.80. The Balaban J connectivity index is 4.35. The molecule has 0 aliphatic rings. The summed E-state index contributed by atoms with van der Waals surface area (Å²) in [5.74, 6) is 0.539. The Morgan fingerprint density at radius 3 is 1.75 bits per heavy atom. The van der Waals surface area contributed by atoms with Crippen molar-refractivity contribution in [3.63, 3.8) is 0 Å². The predicted octanol–water partition coefficient (Wildman–Crippen LogP) is 2.19. The second-order valence-corrected chi connectivity index (χ2v) is 4.79. The predicted molar refractivity (Wildman–Crippen MR) is 51.9 cm³/mol. The highest BCUT2D eigenvalue weighted by atomic mass is 16.1. The van der Waals surface area contributed by atoms with Crippen LogP contribution >= 0.6 is 0 Å². The molecule has 1 N–H and O–H groups in total. The van der Waals surface area contributed by atoms with E-state index in [9.17, 15) is 4.79 Å². The molecule has 0 saturated carbocycles. The Kier molecular flexibility index (Phi) is 3.75. The molecule has 0 spiro atoms. The van der Waals surface area contributed by atoms with E-state index in [4.69, 9.17) is 0 Å². The Bertz CT molecular complexity index is 156. The fraction of sp³-hybridized carbons (Fsp3) is 0.900. The normalized spacial score (nSPS) is 14.6. The highest BCUT2D eigenvalue weighted by Crippen LogP contribution is 2.24. The molecule has 0 fully saturated rings. The van der Waals surface area contributed by atoms with Crippen LogP contribution < -0.4 is 5.32 Å². The maximum atomic E-state index is 10.9. The summed E-state index contributed by atoms with van der Waals surface area (Å²) in [6.45, 7) is 12.3. The van der Waals surface area contributed by atoms with E-state index < -0.39 is 0 Å². The largest absolute Gasteiger partial charge is 0.353 e. The number of nitrogens with one attached hydrogen (secondary N) is 1. The van der Waals surface area contributed by atoms with Gasteiger partial charge in [-0.05, 0) is 11.3 Å². The van der Waals surface area contributed by atoms with Crippen LogP contribution in [0.1, 0.15) is 41.5 Å². The third-order valence-corrected chi connectivity index (χ3v) is 1.96. The van der Waals surface area contributed by atoms with Gasteiger partial charge in [0.2, 0.25) is 5.91 Å². The van der Waals surface area contributed by atoms with Crippen molar-refractivity contribution < 1.29 is 4.79 Å². The van der Waals surface area contributed by atoms with Gasteiger partial charge < -0.3 is 5.32 Å². The first-order chi connectivity index (χ1) is 5.25. The van der Waals surface area contributed by atoms with Gasteiger partial charge in [0.15, 0.2) is 0 Å². The standard InChI is InChI=1S/C10H21NO/c1-7(2)9(10(4,5)6)11-8(3)12/h7,9H,1-6H3,(H,11,12)/t9-/m0/s1. The highest BCUT2D eigenvalue weighted by molar-refractivity contribution is 5.73. The van der Waals surface area contributed by atoms with E-state index in [0.717, 1.165) is 0 Å². The molecular weight excluding hydrogens is 150 g/mol. The zero-order valence-electron chi connectivity index (χ0n) is 9.06. The zero-order chi connectivity index (χ0) is 9.94. The van der Waals surface area contributed by atoms with Crippen LogP contribution in [0.5, 0.6) is 0 Å². The number of carbonyl (C=O) groups is 1. The second kappa shape index (κ2) is 3.92. The van der Waals surface area contributed by atoms with Crippen LogP contribution in [0, 0.1) is 11.3 Å². The number of amides is 1. The van der Waals surface area contributed by atoms with Gasteiger partial charge in [0.05, 0.1) is 0 Å². The van der Waals surface area contributed by atoms with Crippen molar-refractivity contribution in [2.75, 3.05) is 0 Å². The van der Waals surface area contributed by atoms with Gasteiger partial charge in [0, 0.05) is 13.0 Å². The average Bonchev–Trinajstić information content (AvgIpc) is 1.79. The minimum absolute atomic E-state index is 0.0589. The zero-order valence-corrected chi connectivity index (χ0v) is 9.06. The van der Waals surface area contributed by atoms with Crippen LogP contribution in [-0.2, 0) is 4.79 Å². The lowest BCUT2D eigenvalue weighted by molar-refractivity contribution is -0.120. The first-order valence-corrected chi connectivity index (χ1v) is 4.52. The molecule has 1 amide bonds. The summed E-state index contributed by atoms with van der Waals surface area (Å²) in [7, 11) is 0. The Hall–Kier alpha value is -0.530. The van der Waals surface area contributed by atoms with E-state index in [-0.39, 0.29) is 17.4 Å². The van der Waals surface area contributed by atoms with Crippen molar-refractivity contribution in [2.24, 2.45) is 11.3 Å². The molecule has 2 nitrogen and oxygen atoms in total. The Labute approximate surface area is 75.7 Å². The molecule has 0 aliphatic heterocycles. The van der Waals surface area contributed by atoms with Gasteiger partial charge >= 0.3 is 0 Å². The minimum atomic E-state index is 0.0589. The average molecular weight is 171 g/mol. The number of hydrogen-bond donors (Lipinski definition) is 1. The Morgan fingerprint density at radius 2 is 1.67 bits per heavy atom. The second-order valence-electron chi connectivity index (χ2n) is 4.79. The monoisotopic (exact) mass is 171 g/mol. The summed E-state index contributed by atoms with van der Waals surface area (Å²) in [5, 5.41) is 2.98. The van der Waals surface area contributed by atoms with Crippen LogP contribution in [0.25, 0.3) is 0 Å². The fourth-order valence-corrected chi connectivity index (χ4v) is 1.60. The van der Waals surface area contributed by atoms with Crippen molar-refractivity contribution >= 4 is 5.91 Å². The molecule has 0 aliphatic carbocycles. The summed E-state index contributed by atoms with van der Waals surface area (Å²) in [5.41, 5.74) is 0.139. The van der Waals surface area contributed by atoms with Crippen molar-refractivity contribution in [2.45, 2.75) is 47.6 Å². The molecule has 72 valence electrons. The smallest absolute Gasteiger partial charge is 0.217 e. The number of carbonyl (C=O) groups excluding carboxylic acids is 1. The topological polar surface area (TPSA) is 29.1 Å². The van der Waals surface area contributed by atoms with Gasteiger partial charge in [-0.25, -0.2) is 0 Å². The van der Waals surface area contributed by atoms with Crippen LogP contribution in [0.2, 0.25) is 0 Å². The van der Waals surface area contributed by atoms with E-state index in [1.807, 2.05) is 0 Å². The molecule has 0 aromatic heterocycles. The molecule has 0 saturated heterocycles. The molecule has 0 heterocycles. The molecule has 0 bridgehead atoms. The summed E-state index contributed by atoms with van der Waals surface area (Å²) >= 11 is 0. The van der Waals surface area contributed by atoms with Crippen molar-refractivity contribution in [1.29, 1.82) is 0 Å². The number of rotatable bonds is 2. The molecule has 1 atom stereocenters. The van der Waals surface area contributed by atoms with Crippen LogP contribution in [0.3, 0.4) is 0 Å². The highest BCUT2D eigenvalue weighted by Gasteiger charge is 2.27. The quantitative estimate of drug-likeness (QED) is 0.678. The molecule has 2 heteroatoms. The maximum Gasteiger partial charge on any atom is 0.217 e. The first kappa shape index (κ1) is 11.5. The van der Waals surface area contributed by atoms with Gasteiger partial charge in [0.1, 0.15) is 0 Å². The molecule has 12 heavy (non-hydrogen) atoms. The van der Waals surface area contributed by atoms with E-state index in [0.29, 0.717) is 5.92 Å². The summed E-state index contributed by atoms with van der Waals surface area (Å²) in [6.07, 6.45) is 0. The molecule has 0 rings (SSSR count). The lowest BCUT2D eigenvalue weighted by Crippen LogP contribution is -2.46. The van der Waals surface area contributed by atoms with Crippen molar-refractivity contribution in [3.05, 3.63) is 0 Å².